The van der Waals surface area contributed by atoms with Crippen molar-refractivity contribution in [2.75, 3.05) is 29.6 Å². The van der Waals surface area contributed by atoms with Gasteiger partial charge in [0.1, 0.15) is 22.0 Å². The van der Waals surface area contributed by atoms with E-state index in [9.17, 15) is 19.2 Å². The lowest BCUT2D eigenvalue weighted by molar-refractivity contribution is -0.114. The van der Waals surface area contributed by atoms with Crippen molar-refractivity contribution in [1.82, 2.24) is 5.32 Å². The second kappa shape index (κ2) is 17.7. The van der Waals surface area contributed by atoms with E-state index >= 15 is 0 Å². The van der Waals surface area contributed by atoms with Crippen LogP contribution in [0.3, 0.4) is 0 Å². The van der Waals surface area contributed by atoms with Gasteiger partial charge in [0.15, 0.2) is 0 Å². The molecule has 0 fully saturated rings. The summed E-state index contributed by atoms with van der Waals surface area (Å²) in [6, 6.07) is 32.3. The SMILES string of the molecule is CCOC(=O)c1c(-c2ccccc2)csc1NC(=O)CSc1cccc(NC(=O)/C(=C\c2ccccc2OCC)NC(=O)c2ccccc2)c1. The minimum Gasteiger partial charge on any atom is -0.493 e. The molecular formula is C39H35N3O6S2. The van der Waals surface area contributed by atoms with Crippen molar-refractivity contribution in [3.05, 3.63) is 137 Å². The summed E-state index contributed by atoms with van der Waals surface area (Å²) in [7, 11) is 0. The predicted molar refractivity (Wildman–Crippen MR) is 200 cm³/mol. The van der Waals surface area contributed by atoms with E-state index in [-0.39, 0.29) is 24.0 Å². The number of nitrogens with one attached hydrogen (secondary N) is 3. The Morgan fingerprint density at radius 1 is 0.800 bits per heavy atom. The highest BCUT2D eigenvalue weighted by molar-refractivity contribution is 8.00. The summed E-state index contributed by atoms with van der Waals surface area (Å²) >= 11 is 2.53. The van der Waals surface area contributed by atoms with Crippen molar-refractivity contribution in [2.24, 2.45) is 0 Å². The van der Waals surface area contributed by atoms with Crippen LogP contribution in [0, 0.1) is 0 Å². The summed E-state index contributed by atoms with van der Waals surface area (Å²) in [6.45, 7) is 4.23. The number of carbonyl (C=O) groups is 4. The van der Waals surface area contributed by atoms with Gasteiger partial charge in [0.05, 0.1) is 19.0 Å². The monoisotopic (exact) mass is 705 g/mol. The molecule has 0 unspecified atom stereocenters. The van der Waals surface area contributed by atoms with Gasteiger partial charge in [0, 0.05) is 32.7 Å². The number of thiophene rings is 1. The number of amides is 3. The van der Waals surface area contributed by atoms with Gasteiger partial charge < -0.3 is 25.4 Å². The predicted octanol–water partition coefficient (Wildman–Crippen LogP) is 8.13. The third-order valence-corrected chi connectivity index (χ3v) is 9.01. The fourth-order valence-corrected chi connectivity index (χ4v) is 6.57. The topological polar surface area (TPSA) is 123 Å². The summed E-state index contributed by atoms with van der Waals surface area (Å²) in [5.41, 5.74) is 3.36. The van der Waals surface area contributed by atoms with E-state index in [4.69, 9.17) is 9.47 Å². The molecule has 0 aliphatic heterocycles. The van der Waals surface area contributed by atoms with Gasteiger partial charge in [0.25, 0.3) is 11.8 Å². The molecule has 0 atom stereocenters. The lowest BCUT2D eigenvalue weighted by Gasteiger charge is -2.13. The van der Waals surface area contributed by atoms with Crippen LogP contribution >= 0.6 is 23.1 Å². The fourth-order valence-electron chi connectivity index (χ4n) is 4.84. The molecule has 0 spiro atoms. The summed E-state index contributed by atoms with van der Waals surface area (Å²) in [5.74, 6) is -1.18. The Balaban J connectivity index is 1.29. The zero-order valence-corrected chi connectivity index (χ0v) is 29.1. The van der Waals surface area contributed by atoms with Gasteiger partial charge in [-0.3, -0.25) is 14.4 Å². The number of hydrogen-bond acceptors (Lipinski definition) is 8. The van der Waals surface area contributed by atoms with E-state index in [1.807, 2.05) is 60.8 Å². The van der Waals surface area contributed by atoms with Crippen molar-refractivity contribution >= 4 is 63.6 Å². The summed E-state index contributed by atoms with van der Waals surface area (Å²) in [6.07, 6.45) is 1.57. The van der Waals surface area contributed by atoms with Gasteiger partial charge in [-0.05, 0) is 61.9 Å². The third kappa shape index (κ3) is 9.49. The molecule has 0 bridgehead atoms. The molecule has 254 valence electrons. The molecule has 5 aromatic rings. The number of rotatable bonds is 14. The van der Waals surface area contributed by atoms with Gasteiger partial charge >= 0.3 is 5.97 Å². The molecule has 3 N–H and O–H groups in total. The highest BCUT2D eigenvalue weighted by Gasteiger charge is 2.23. The zero-order chi connectivity index (χ0) is 35.3. The van der Waals surface area contributed by atoms with Gasteiger partial charge in [0.2, 0.25) is 5.91 Å². The molecule has 0 saturated heterocycles. The maximum absolute atomic E-state index is 13.6. The van der Waals surface area contributed by atoms with E-state index in [0.717, 1.165) is 10.5 Å². The quantitative estimate of drug-likeness (QED) is 0.0606. The highest BCUT2D eigenvalue weighted by Crippen LogP contribution is 2.36. The summed E-state index contributed by atoms with van der Waals surface area (Å²) < 4.78 is 11.0. The van der Waals surface area contributed by atoms with Crippen molar-refractivity contribution in [3.63, 3.8) is 0 Å². The van der Waals surface area contributed by atoms with Crippen LogP contribution in [0.4, 0.5) is 10.7 Å². The Morgan fingerprint density at radius 3 is 2.26 bits per heavy atom. The van der Waals surface area contributed by atoms with Gasteiger partial charge in [-0.2, -0.15) is 0 Å². The molecule has 0 aliphatic carbocycles. The smallest absolute Gasteiger partial charge is 0.341 e. The molecule has 4 aromatic carbocycles. The molecule has 0 radical (unpaired) electrons. The number of carbonyl (C=O) groups excluding carboxylic acids is 4. The maximum atomic E-state index is 13.6. The van der Waals surface area contributed by atoms with Crippen molar-refractivity contribution in [1.29, 1.82) is 0 Å². The van der Waals surface area contributed by atoms with E-state index in [2.05, 4.69) is 16.0 Å². The first kappa shape index (κ1) is 35.7. The number of para-hydroxylation sites is 1. The minimum absolute atomic E-state index is 0.0201. The second-order valence-corrected chi connectivity index (χ2v) is 12.5. The Kier molecular flexibility index (Phi) is 12.6. The first-order chi connectivity index (χ1) is 24.4. The maximum Gasteiger partial charge on any atom is 0.341 e. The lowest BCUT2D eigenvalue weighted by atomic mass is 10.0. The molecule has 3 amide bonds. The van der Waals surface area contributed by atoms with Gasteiger partial charge in [-0.15, -0.1) is 23.1 Å². The van der Waals surface area contributed by atoms with Crippen LogP contribution < -0.4 is 20.7 Å². The number of thioether (sulfide) groups is 1. The molecule has 0 aliphatic rings. The van der Waals surface area contributed by atoms with E-state index < -0.39 is 17.8 Å². The molecule has 9 nitrogen and oxygen atoms in total. The van der Waals surface area contributed by atoms with E-state index in [1.54, 1.807) is 73.7 Å². The Bertz CT molecular complexity index is 1990. The average Bonchev–Trinajstić information content (AvgIpc) is 3.55. The van der Waals surface area contributed by atoms with Crippen LogP contribution in [0.2, 0.25) is 0 Å². The molecule has 1 aromatic heterocycles. The highest BCUT2D eigenvalue weighted by atomic mass is 32.2. The van der Waals surface area contributed by atoms with Crippen LogP contribution in [0.25, 0.3) is 17.2 Å². The second-order valence-electron chi connectivity index (χ2n) is 10.6. The van der Waals surface area contributed by atoms with Gasteiger partial charge in [-0.1, -0.05) is 72.8 Å². The van der Waals surface area contributed by atoms with Crippen LogP contribution in [-0.4, -0.2) is 42.7 Å². The van der Waals surface area contributed by atoms with Crippen LogP contribution in [0.15, 0.2) is 125 Å². The van der Waals surface area contributed by atoms with Crippen molar-refractivity contribution in [2.45, 2.75) is 18.7 Å². The largest absolute Gasteiger partial charge is 0.493 e. The van der Waals surface area contributed by atoms with E-state index in [1.165, 1.54) is 23.1 Å². The number of esters is 1. The Morgan fingerprint density at radius 2 is 1.52 bits per heavy atom. The third-order valence-electron chi connectivity index (χ3n) is 7.12. The number of hydrogen-bond donors (Lipinski definition) is 3. The van der Waals surface area contributed by atoms with Crippen LogP contribution in [0.1, 0.15) is 40.1 Å². The van der Waals surface area contributed by atoms with Crippen LogP contribution in [-0.2, 0) is 14.3 Å². The lowest BCUT2D eigenvalue weighted by Crippen LogP contribution is -2.30. The molecular weight excluding hydrogens is 671 g/mol. The molecule has 5 rings (SSSR count). The van der Waals surface area contributed by atoms with Crippen molar-refractivity contribution in [3.8, 4) is 16.9 Å². The fraction of sp³-hybridized carbons (Fsp3) is 0.128. The number of ether oxygens (including phenoxy) is 2. The van der Waals surface area contributed by atoms with Crippen LogP contribution in [0.5, 0.6) is 5.75 Å². The molecule has 11 heteroatoms. The summed E-state index contributed by atoms with van der Waals surface area (Å²) in [5, 5.41) is 10.7. The van der Waals surface area contributed by atoms with Gasteiger partial charge in [-0.25, -0.2) is 4.79 Å². The summed E-state index contributed by atoms with van der Waals surface area (Å²) in [4.78, 5) is 53.4. The van der Waals surface area contributed by atoms with E-state index in [0.29, 0.717) is 45.3 Å². The minimum atomic E-state index is -0.543. The number of benzene rings is 4. The Hall–Kier alpha value is -5.65. The average molecular weight is 706 g/mol. The molecule has 0 saturated carbocycles. The first-order valence-electron chi connectivity index (χ1n) is 15.8. The number of anilines is 2. The standard InChI is InChI=1S/C39H35N3O6S2/c1-3-47-33-21-12-11-18-28(33)22-32(41-36(44)27-16-9-6-10-17-27)37(45)40-29-19-13-20-30(23-29)49-25-34(43)42-38-35(39(46)48-4-2)31(24-50-38)26-14-7-5-8-15-26/h5-24H,3-4,25H2,1-2H3,(H,40,45)(H,41,44)(H,42,43)/b32-22+. The first-order valence-corrected chi connectivity index (χ1v) is 17.7. The normalized spacial score (nSPS) is 11.0. The van der Waals surface area contributed by atoms with Crippen molar-refractivity contribution < 1.29 is 28.7 Å². The molecule has 50 heavy (non-hydrogen) atoms. The molecule has 1 heterocycles. The zero-order valence-electron chi connectivity index (χ0n) is 27.4. The Labute approximate surface area is 298 Å².